The zero-order chi connectivity index (χ0) is 18.0. The number of hydrogen-bond acceptors (Lipinski definition) is 2. The molecule has 0 N–H and O–H groups in total. The number of rotatable bonds is 3. The van der Waals surface area contributed by atoms with Crippen molar-refractivity contribution in [3.8, 4) is 0 Å². The third-order valence-corrected chi connectivity index (χ3v) is 6.09. The number of likely N-dealkylation sites (tertiary alicyclic amines) is 1. The van der Waals surface area contributed by atoms with Gasteiger partial charge < -0.3 is 9.80 Å². The Hall–Kier alpha value is -2.13. The molecule has 3 nitrogen and oxygen atoms in total. The minimum atomic E-state index is 0.198. The maximum Gasteiger partial charge on any atom is 0.219 e. The standard InChI is InChI=1S/C23H28N2O/c1-19(26)25-16-22-10-6-5-9-21(22)15-23(18-25)12-14-24(17-23)13-11-20-7-3-2-4-8-20/h2-10H,11-18H2,1H3. The topological polar surface area (TPSA) is 23.6 Å². The van der Waals surface area contributed by atoms with Crippen LogP contribution in [0.3, 0.4) is 0 Å². The van der Waals surface area contributed by atoms with E-state index in [2.05, 4.69) is 64.4 Å². The van der Waals surface area contributed by atoms with E-state index in [9.17, 15) is 4.79 Å². The van der Waals surface area contributed by atoms with Crippen molar-refractivity contribution in [3.63, 3.8) is 0 Å². The van der Waals surface area contributed by atoms with E-state index in [-0.39, 0.29) is 11.3 Å². The van der Waals surface area contributed by atoms with Gasteiger partial charge in [0, 0.05) is 38.5 Å². The number of carbonyl (C=O) groups excluding carboxylic acids is 1. The van der Waals surface area contributed by atoms with E-state index >= 15 is 0 Å². The molecule has 26 heavy (non-hydrogen) atoms. The monoisotopic (exact) mass is 348 g/mol. The molecule has 0 radical (unpaired) electrons. The van der Waals surface area contributed by atoms with Crippen LogP contribution in [0, 0.1) is 5.41 Å². The van der Waals surface area contributed by atoms with Crippen LogP contribution < -0.4 is 0 Å². The highest BCUT2D eigenvalue weighted by Gasteiger charge is 2.41. The average Bonchev–Trinajstić information content (AvgIpc) is 2.95. The Kier molecular flexibility index (Phi) is 4.82. The molecule has 0 saturated carbocycles. The molecular weight excluding hydrogens is 320 g/mol. The molecule has 2 aliphatic rings. The summed E-state index contributed by atoms with van der Waals surface area (Å²) in [4.78, 5) is 16.9. The highest BCUT2D eigenvalue weighted by molar-refractivity contribution is 5.73. The summed E-state index contributed by atoms with van der Waals surface area (Å²) in [6.45, 7) is 6.70. The molecular formula is C23H28N2O. The first kappa shape index (κ1) is 17.3. The molecule has 2 heterocycles. The van der Waals surface area contributed by atoms with Gasteiger partial charge in [0.25, 0.3) is 0 Å². The van der Waals surface area contributed by atoms with E-state index in [0.29, 0.717) is 0 Å². The molecule has 1 atom stereocenters. The summed E-state index contributed by atoms with van der Waals surface area (Å²) < 4.78 is 0. The van der Waals surface area contributed by atoms with Crippen molar-refractivity contribution in [2.75, 3.05) is 26.2 Å². The summed E-state index contributed by atoms with van der Waals surface area (Å²) >= 11 is 0. The van der Waals surface area contributed by atoms with Crippen LogP contribution in [0.15, 0.2) is 54.6 Å². The average molecular weight is 348 g/mol. The normalized spacial score (nSPS) is 23.0. The molecule has 2 aromatic rings. The fourth-order valence-electron chi connectivity index (χ4n) is 4.66. The van der Waals surface area contributed by atoms with Crippen molar-refractivity contribution in [1.82, 2.24) is 9.80 Å². The molecule has 2 aliphatic heterocycles. The van der Waals surface area contributed by atoms with Crippen LogP contribution in [0.4, 0.5) is 0 Å². The van der Waals surface area contributed by atoms with E-state index in [4.69, 9.17) is 0 Å². The van der Waals surface area contributed by atoms with Crippen LogP contribution in [-0.2, 0) is 24.2 Å². The maximum atomic E-state index is 12.2. The van der Waals surface area contributed by atoms with Gasteiger partial charge in [0.1, 0.15) is 0 Å². The van der Waals surface area contributed by atoms with Crippen molar-refractivity contribution in [2.24, 2.45) is 5.41 Å². The summed E-state index contributed by atoms with van der Waals surface area (Å²) in [6, 6.07) is 19.4. The quantitative estimate of drug-likeness (QED) is 0.847. The van der Waals surface area contributed by atoms with Gasteiger partial charge in [0.2, 0.25) is 5.91 Å². The van der Waals surface area contributed by atoms with Crippen LogP contribution in [0.25, 0.3) is 0 Å². The highest BCUT2D eigenvalue weighted by Crippen LogP contribution is 2.38. The van der Waals surface area contributed by atoms with Gasteiger partial charge in [0.15, 0.2) is 0 Å². The zero-order valence-electron chi connectivity index (χ0n) is 15.7. The van der Waals surface area contributed by atoms with Gasteiger partial charge in [0.05, 0.1) is 0 Å². The summed E-state index contributed by atoms with van der Waals surface area (Å²) in [7, 11) is 0. The lowest BCUT2D eigenvalue weighted by Gasteiger charge is -2.32. The van der Waals surface area contributed by atoms with Crippen LogP contribution in [0.5, 0.6) is 0 Å². The SMILES string of the molecule is CC(=O)N1Cc2ccccc2CC2(CCN(CCc3ccccc3)C2)C1. The predicted octanol–water partition coefficient (Wildman–Crippen LogP) is 3.53. The number of benzene rings is 2. The lowest BCUT2D eigenvalue weighted by atomic mass is 9.80. The third-order valence-electron chi connectivity index (χ3n) is 6.09. The zero-order valence-corrected chi connectivity index (χ0v) is 15.7. The van der Waals surface area contributed by atoms with Crippen LogP contribution in [0.1, 0.15) is 30.0 Å². The smallest absolute Gasteiger partial charge is 0.219 e. The Bertz CT molecular complexity index is 773. The largest absolute Gasteiger partial charge is 0.338 e. The van der Waals surface area contributed by atoms with Crippen LogP contribution in [-0.4, -0.2) is 41.9 Å². The molecule has 136 valence electrons. The molecule has 1 spiro atoms. The molecule has 0 aromatic heterocycles. The minimum absolute atomic E-state index is 0.198. The van der Waals surface area contributed by atoms with Gasteiger partial charge in [-0.05, 0) is 42.5 Å². The van der Waals surface area contributed by atoms with Gasteiger partial charge in [-0.25, -0.2) is 0 Å². The Morgan fingerprint density at radius 2 is 1.73 bits per heavy atom. The Morgan fingerprint density at radius 3 is 2.50 bits per heavy atom. The van der Waals surface area contributed by atoms with Crippen LogP contribution in [0.2, 0.25) is 0 Å². The van der Waals surface area contributed by atoms with Gasteiger partial charge in [-0.3, -0.25) is 4.79 Å². The Labute approximate surface area is 156 Å². The number of carbonyl (C=O) groups is 1. The molecule has 1 saturated heterocycles. The van der Waals surface area contributed by atoms with Crippen molar-refractivity contribution >= 4 is 5.91 Å². The number of nitrogens with zero attached hydrogens (tertiary/aromatic N) is 2. The Morgan fingerprint density at radius 1 is 1.00 bits per heavy atom. The van der Waals surface area contributed by atoms with Crippen molar-refractivity contribution in [3.05, 3.63) is 71.3 Å². The molecule has 0 aliphatic carbocycles. The molecule has 4 rings (SSSR count). The van der Waals surface area contributed by atoms with Crippen molar-refractivity contribution in [1.29, 1.82) is 0 Å². The van der Waals surface area contributed by atoms with Crippen molar-refractivity contribution < 1.29 is 4.79 Å². The van der Waals surface area contributed by atoms with E-state index in [1.54, 1.807) is 6.92 Å². The second-order valence-corrected chi connectivity index (χ2v) is 8.08. The molecule has 1 fully saturated rings. The van der Waals surface area contributed by atoms with E-state index in [1.807, 2.05) is 0 Å². The summed E-state index contributed by atoms with van der Waals surface area (Å²) in [5.41, 5.74) is 4.36. The number of fused-ring (bicyclic) bond motifs is 1. The van der Waals surface area contributed by atoms with E-state index in [1.165, 1.54) is 23.1 Å². The first-order chi connectivity index (χ1) is 12.6. The first-order valence-electron chi connectivity index (χ1n) is 9.72. The van der Waals surface area contributed by atoms with Gasteiger partial charge in [-0.15, -0.1) is 0 Å². The predicted molar refractivity (Wildman–Crippen MR) is 105 cm³/mol. The fourth-order valence-corrected chi connectivity index (χ4v) is 4.66. The summed E-state index contributed by atoms with van der Waals surface area (Å²) in [5.74, 6) is 0.198. The van der Waals surface area contributed by atoms with Gasteiger partial charge in [-0.1, -0.05) is 54.6 Å². The van der Waals surface area contributed by atoms with E-state index < -0.39 is 0 Å². The van der Waals surface area contributed by atoms with E-state index in [0.717, 1.165) is 45.6 Å². The Balaban J connectivity index is 1.49. The van der Waals surface area contributed by atoms with Gasteiger partial charge >= 0.3 is 0 Å². The molecule has 2 aromatic carbocycles. The lowest BCUT2D eigenvalue weighted by Crippen LogP contribution is -2.41. The second kappa shape index (κ2) is 7.24. The van der Waals surface area contributed by atoms with Crippen LogP contribution >= 0.6 is 0 Å². The number of amides is 1. The molecule has 0 bridgehead atoms. The number of hydrogen-bond donors (Lipinski definition) is 0. The van der Waals surface area contributed by atoms with Gasteiger partial charge in [-0.2, -0.15) is 0 Å². The summed E-state index contributed by atoms with van der Waals surface area (Å²) in [5, 5.41) is 0. The molecule has 3 heteroatoms. The maximum absolute atomic E-state index is 12.2. The highest BCUT2D eigenvalue weighted by atomic mass is 16.2. The molecule has 1 unspecified atom stereocenters. The summed E-state index contributed by atoms with van der Waals surface area (Å²) in [6.07, 6.45) is 3.37. The second-order valence-electron chi connectivity index (χ2n) is 8.08. The van der Waals surface area contributed by atoms with Crippen molar-refractivity contribution in [2.45, 2.75) is 32.7 Å². The fraction of sp³-hybridized carbons (Fsp3) is 0.435. The first-order valence-corrected chi connectivity index (χ1v) is 9.72. The lowest BCUT2D eigenvalue weighted by molar-refractivity contribution is -0.130. The molecule has 1 amide bonds. The third kappa shape index (κ3) is 3.68. The minimum Gasteiger partial charge on any atom is -0.338 e.